The van der Waals surface area contributed by atoms with Crippen LogP contribution in [0.5, 0.6) is 0 Å². The third-order valence-electron chi connectivity index (χ3n) is 4.55. The highest BCUT2D eigenvalue weighted by Gasteiger charge is 2.40. The zero-order chi connectivity index (χ0) is 17.3. The number of hydrogen-bond donors (Lipinski definition) is 2. The molecule has 3 N–H and O–H groups in total. The highest BCUT2D eigenvalue weighted by atomic mass is 32.2. The molecule has 2 rings (SSSR count). The standard InChI is InChI=1S/C14H23N3O4S2/c1-11-5-3-4-8-14(11,10-15)17-23(20,21)12-6-7-13(16-9-12)22(2,18)19/h6-7,9,11,17H,3-5,8,10,15H2,1-2H3. The summed E-state index contributed by atoms with van der Waals surface area (Å²) < 4.78 is 50.8. The first-order valence-electron chi connectivity index (χ1n) is 7.51. The monoisotopic (exact) mass is 361 g/mol. The Kier molecular flexibility index (Phi) is 5.15. The second kappa shape index (κ2) is 6.46. The second-order valence-corrected chi connectivity index (χ2v) is 9.86. The molecule has 0 aromatic carbocycles. The number of pyridine rings is 1. The summed E-state index contributed by atoms with van der Waals surface area (Å²) in [6, 6.07) is 2.45. The van der Waals surface area contributed by atoms with Crippen LogP contribution in [-0.4, -0.2) is 40.2 Å². The van der Waals surface area contributed by atoms with E-state index in [2.05, 4.69) is 9.71 Å². The van der Waals surface area contributed by atoms with E-state index in [1.165, 1.54) is 12.1 Å². The van der Waals surface area contributed by atoms with Crippen LogP contribution in [0.15, 0.2) is 28.3 Å². The number of rotatable bonds is 5. The minimum Gasteiger partial charge on any atom is -0.329 e. The Labute approximate surface area is 137 Å². The molecule has 0 aliphatic heterocycles. The van der Waals surface area contributed by atoms with E-state index in [1.54, 1.807) is 0 Å². The normalized spacial score (nSPS) is 26.1. The Bertz CT molecular complexity index is 760. The molecule has 7 nitrogen and oxygen atoms in total. The fourth-order valence-corrected chi connectivity index (χ4v) is 5.02. The molecule has 1 aliphatic rings. The smallest absolute Gasteiger partial charge is 0.242 e. The summed E-state index contributed by atoms with van der Waals surface area (Å²) in [4.78, 5) is 3.68. The Morgan fingerprint density at radius 2 is 2.00 bits per heavy atom. The van der Waals surface area contributed by atoms with Gasteiger partial charge >= 0.3 is 0 Å². The van der Waals surface area contributed by atoms with E-state index >= 15 is 0 Å². The molecule has 0 saturated heterocycles. The van der Waals surface area contributed by atoms with Gasteiger partial charge in [-0.15, -0.1) is 0 Å². The summed E-state index contributed by atoms with van der Waals surface area (Å²) in [5.74, 6) is 0.138. The molecule has 1 heterocycles. The molecular weight excluding hydrogens is 338 g/mol. The van der Waals surface area contributed by atoms with Crippen molar-refractivity contribution < 1.29 is 16.8 Å². The van der Waals surface area contributed by atoms with E-state index in [0.29, 0.717) is 6.42 Å². The molecule has 0 spiro atoms. The van der Waals surface area contributed by atoms with Crippen LogP contribution in [0.25, 0.3) is 0 Å². The van der Waals surface area contributed by atoms with Gasteiger partial charge in [0.1, 0.15) is 4.90 Å². The maximum Gasteiger partial charge on any atom is 0.242 e. The highest BCUT2D eigenvalue weighted by molar-refractivity contribution is 7.90. The minimum atomic E-state index is -3.81. The van der Waals surface area contributed by atoms with E-state index in [1.807, 2.05) is 6.92 Å². The molecule has 23 heavy (non-hydrogen) atoms. The van der Waals surface area contributed by atoms with Gasteiger partial charge in [0.25, 0.3) is 0 Å². The molecule has 0 bridgehead atoms. The van der Waals surface area contributed by atoms with E-state index in [9.17, 15) is 16.8 Å². The van der Waals surface area contributed by atoms with Gasteiger partial charge in [-0.25, -0.2) is 26.5 Å². The Balaban J connectivity index is 2.31. The summed E-state index contributed by atoms with van der Waals surface area (Å²) in [6.07, 6.45) is 5.69. The topological polar surface area (TPSA) is 119 Å². The van der Waals surface area contributed by atoms with Crippen molar-refractivity contribution in [3.05, 3.63) is 18.3 Å². The lowest BCUT2D eigenvalue weighted by atomic mass is 9.74. The predicted octanol–water partition coefficient (Wildman–Crippen LogP) is 0.671. The third kappa shape index (κ3) is 3.90. The Hall–Kier alpha value is -1.03. The summed E-state index contributed by atoms with van der Waals surface area (Å²) >= 11 is 0. The quantitative estimate of drug-likeness (QED) is 0.795. The summed E-state index contributed by atoms with van der Waals surface area (Å²) in [7, 11) is -7.28. The summed E-state index contributed by atoms with van der Waals surface area (Å²) in [5, 5.41) is -0.156. The fourth-order valence-electron chi connectivity index (χ4n) is 2.98. The van der Waals surface area contributed by atoms with Gasteiger partial charge in [-0.1, -0.05) is 19.8 Å². The molecule has 0 amide bonds. The van der Waals surface area contributed by atoms with Crippen molar-refractivity contribution in [2.75, 3.05) is 12.8 Å². The molecule has 1 fully saturated rings. The first-order chi connectivity index (χ1) is 10.6. The number of hydrogen-bond acceptors (Lipinski definition) is 6. The van der Waals surface area contributed by atoms with Gasteiger partial charge in [-0.05, 0) is 30.9 Å². The van der Waals surface area contributed by atoms with E-state index in [4.69, 9.17) is 5.73 Å². The van der Waals surface area contributed by atoms with E-state index in [0.717, 1.165) is 31.7 Å². The van der Waals surface area contributed by atoms with E-state index in [-0.39, 0.29) is 22.4 Å². The van der Waals surface area contributed by atoms with Gasteiger partial charge in [-0.3, -0.25) is 0 Å². The molecule has 0 radical (unpaired) electrons. The van der Waals surface area contributed by atoms with E-state index < -0.39 is 25.4 Å². The molecule has 130 valence electrons. The van der Waals surface area contributed by atoms with Gasteiger partial charge in [-0.2, -0.15) is 0 Å². The molecule has 1 aromatic rings. The molecule has 2 atom stereocenters. The maximum absolute atomic E-state index is 12.6. The molecule has 2 unspecified atom stereocenters. The average molecular weight is 361 g/mol. The molecule has 9 heteroatoms. The Morgan fingerprint density at radius 1 is 1.30 bits per heavy atom. The van der Waals surface area contributed by atoms with Crippen LogP contribution >= 0.6 is 0 Å². The molecular formula is C14H23N3O4S2. The average Bonchev–Trinajstić information content (AvgIpc) is 2.49. The molecule has 1 aromatic heterocycles. The van der Waals surface area contributed by atoms with Crippen molar-refractivity contribution >= 4 is 19.9 Å². The van der Waals surface area contributed by atoms with Crippen molar-refractivity contribution in [3.63, 3.8) is 0 Å². The van der Waals surface area contributed by atoms with Crippen LogP contribution < -0.4 is 10.5 Å². The fraction of sp³-hybridized carbons (Fsp3) is 0.643. The lowest BCUT2D eigenvalue weighted by Gasteiger charge is -2.42. The van der Waals surface area contributed by atoms with Crippen LogP contribution in [0.3, 0.4) is 0 Å². The van der Waals surface area contributed by atoms with Gasteiger partial charge in [0, 0.05) is 24.5 Å². The first-order valence-corrected chi connectivity index (χ1v) is 10.9. The van der Waals surface area contributed by atoms with Crippen LogP contribution in [0.4, 0.5) is 0 Å². The van der Waals surface area contributed by atoms with Crippen molar-refractivity contribution in [2.24, 2.45) is 11.7 Å². The van der Waals surface area contributed by atoms with Gasteiger partial charge in [0.2, 0.25) is 10.0 Å². The second-order valence-electron chi connectivity index (χ2n) is 6.22. The maximum atomic E-state index is 12.6. The highest BCUT2D eigenvalue weighted by Crippen LogP contribution is 2.34. The van der Waals surface area contributed by atoms with Crippen LogP contribution in [0.2, 0.25) is 0 Å². The number of nitrogens with two attached hydrogens (primary N) is 1. The lowest BCUT2D eigenvalue weighted by Crippen LogP contribution is -2.58. The van der Waals surface area contributed by atoms with Crippen molar-refractivity contribution in [3.8, 4) is 0 Å². The van der Waals surface area contributed by atoms with Gasteiger partial charge in [0.15, 0.2) is 14.9 Å². The largest absolute Gasteiger partial charge is 0.329 e. The number of nitrogens with one attached hydrogen (secondary N) is 1. The number of sulfone groups is 1. The Morgan fingerprint density at radius 3 is 2.48 bits per heavy atom. The summed E-state index contributed by atoms with van der Waals surface area (Å²) in [6.45, 7) is 2.22. The van der Waals surface area contributed by atoms with Gasteiger partial charge in [0.05, 0.1) is 0 Å². The first kappa shape index (κ1) is 18.3. The van der Waals surface area contributed by atoms with Crippen molar-refractivity contribution in [1.29, 1.82) is 0 Å². The van der Waals surface area contributed by atoms with Crippen LogP contribution in [0, 0.1) is 5.92 Å². The molecule has 1 aliphatic carbocycles. The zero-order valence-corrected chi connectivity index (χ0v) is 15.0. The summed E-state index contributed by atoms with van der Waals surface area (Å²) in [5.41, 5.74) is 5.21. The van der Waals surface area contributed by atoms with Crippen molar-refractivity contribution in [1.82, 2.24) is 9.71 Å². The van der Waals surface area contributed by atoms with Crippen LogP contribution in [0.1, 0.15) is 32.6 Å². The lowest BCUT2D eigenvalue weighted by molar-refractivity contribution is 0.191. The van der Waals surface area contributed by atoms with Gasteiger partial charge < -0.3 is 5.73 Å². The number of nitrogens with zero attached hydrogens (tertiary/aromatic N) is 1. The number of aromatic nitrogens is 1. The predicted molar refractivity (Wildman–Crippen MR) is 87.1 cm³/mol. The number of sulfonamides is 1. The third-order valence-corrected chi connectivity index (χ3v) is 7.09. The van der Waals surface area contributed by atoms with Crippen LogP contribution in [-0.2, 0) is 19.9 Å². The van der Waals surface area contributed by atoms with Crippen molar-refractivity contribution in [2.45, 2.75) is 48.1 Å². The SMILES string of the molecule is CC1CCCCC1(CN)NS(=O)(=O)c1ccc(S(C)(=O)=O)nc1. The molecule has 1 saturated carbocycles. The minimum absolute atomic E-state index is 0.0597. The zero-order valence-electron chi connectivity index (χ0n) is 13.3.